The molecule has 1 aliphatic rings. The van der Waals surface area contributed by atoms with Gasteiger partial charge in [0, 0.05) is 9.92 Å². The van der Waals surface area contributed by atoms with Crippen LogP contribution in [0.5, 0.6) is 0 Å². The third kappa shape index (κ3) is 3.90. The molecule has 0 saturated carbocycles. The van der Waals surface area contributed by atoms with E-state index in [1.165, 1.54) is 16.7 Å². The average molecular weight is 347 g/mol. The van der Waals surface area contributed by atoms with Crippen LogP contribution in [0.1, 0.15) is 6.92 Å². The first kappa shape index (κ1) is 16.1. The van der Waals surface area contributed by atoms with E-state index in [9.17, 15) is 14.4 Å². The van der Waals surface area contributed by atoms with Crippen LogP contribution >= 0.6 is 35.0 Å². The third-order valence-corrected chi connectivity index (χ3v) is 4.71. The van der Waals surface area contributed by atoms with Gasteiger partial charge in [-0.3, -0.25) is 19.7 Å². The number of nitrogens with one attached hydrogen (secondary N) is 1. The summed E-state index contributed by atoms with van der Waals surface area (Å²) in [4.78, 5) is 37.0. The molecule has 1 aromatic carbocycles. The van der Waals surface area contributed by atoms with Gasteiger partial charge in [0.2, 0.25) is 17.7 Å². The number of hydrogen-bond donors (Lipinski definition) is 1. The fourth-order valence-electron chi connectivity index (χ4n) is 1.83. The van der Waals surface area contributed by atoms with Crippen molar-refractivity contribution in [3.05, 3.63) is 28.2 Å². The van der Waals surface area contributed by atoms with Gasteiger partial charge in [-0.25, -0.2) is 0 Å². The summed E-state index contributed by atoms with van der Waals surface area (Å²) in [5, 5.41) is 3.21. The van der Waals surface area contributed by atoms with E-state index in [1.807, 2.05) is 0 Å². The Labute approximate surface area is 136 Å². The zero-order valence-electron chi connectivity index (χ0n) is 11.1. The molecular formula is C13H12Cl2N2O3S. The maximum Gasteiger partial charge on any atom is 0.249 e. The van der Waals surface area contributed by atoms with E-state index in [0.717, 1.165) is 0 Å². The molecule has 0 aromatic heterocycles. The van der Waals surface area contributed by atoms with Crippen molar-refractivity contribution in [1.29, 1.82) is 0 Å². The summed E-state index contributed by atoms with van der Waals surface area (Å²) < 4.78 is 0. The number of carbonyl (C=O) groups is 3. The topological polar surface area (TPSA) is 66.5 Å². The van der Waals surface area contributed by atoms with Crippen molar-refractivity contribution in [2.45, 2.75) is 17.9 Å². The molecule has 1 saturated heterocycles. The van der Waals surface area contributed by atoms with Crippen molar-refractivity contribution in [2.75, 3.05) is 12.3 Å². The fourth-order valence-corrected chi connectivity index (χ4v) is 3.21. The summed E-state index contributed by atoms with van der Waals surface area (Å²) in [6, 6.07) is 4.31. The summed E-state index contributed by atoms with van der Waals surface area (Å²) in [6.45, 7) is 1.46. The number of nitrogens with zero attached hydrogens (tertiary/aromatic N) is 1. The number of rotatable bonds is 3. The lowest BCUT2D eigenvalue weighted by Gasteiger charge is -2.31. The lowest BCUT2D eigenvalue weighted by Crippen LogP contribution is -2.59. The number of piperazine rings is 1. The number of thioether (sulfide) groups is 1. The third-order valence-electron chi connectivity index (χ3n) is 2.99. The van der Waals surface area contributed by atoms with Crippen LogP contribution in [0.2, 0.25) is 10.0 Å². The van der Waals surface area contributed by atoms with E-state index in [-0.39, 0.29) is 18.2 Å². The van der Waals surface area contributed by atoms with E-state index in [2.05, 4.69) is 5.32 Å². The Hall–Kier alpha value is -1.24. The monoisotopic (exact) mass is 346 g/mol. The van der Waals surface area contributed by atoms with Crippen molar-refractivity contribution in [3.63, 3.8) is 0 Å². The van der Waals surface area contributed by atoms with Gasteiger partial charge in [0.1, 0.15) is 12.6 Å². The van der Waals surface area contributed by atoms with Crippen molar-refractivity contribution >= 4 is 52.7 Å². The molecule has 0 radical (unpaired) electrons. The zero-order valence-corrected chi connectivity index (χ0v) is 13.4. The molecule has 1 N–H and O–H groups in total. The Morgan fingerprint density at radius 1 is 1.43 bits per heavy atom. The lowest BCUT2D eigenvalue weighted by molar-refractivity contribution is -0.148. The quantitative estimate of drug-likeness (QED) is 0.671. The SMILES string of the molecule is CC1C(=O)NC(=O)CN1C(=O)CSc1cc(Cl)ccc1Cl. The second kappa shape index (κ2) is 6.68. The normalized spacial score (nSPS) is 18.6. The van der Waals surface area contributed by atoms with Gasteiger partial charge in [0.05, 0.1) is 10.8 Å². The molecule has 8 heteroatoms. The molecule has 1 atom stereocenters. The molecule has 1 aliphatic heterocycles. The predicted molar refractivity (Wildman–Crippen MR) is 81.5 cm³/mol. The number of hydrogen-bond acceptors (Lipinski definition) is 4. The van der Waals surface area contributed by atoms with Crippen LogP contribution in [0.3, 0.4) is 0 Å². The van der Waals surface area contributed by atoms with E-state index >= 15 is 0 Å². The molecule has 3 amide bonds. The van der Waals surface area contributed by atoms with Gasteiger partial charge in [0.25, 0.3) is 0 Å². The molecule has 5 nitrogen and oxygen atoms in total. The number of halogens is 2. The van der Waals surface area contributed by atoms with E-state index in [1.54, 1.807) is 25.1 Å². The highest BCUT2D eigenvalue weighted by molar-refractivity contribution is 8.00. The highest BCUT2D eigenvalue weighted by Crippen LogP contribution is 2.30. The Bertz CT molecular complexity index is 609. The Balaban J connectivity index is 2.02. The van der Waals surface area contributed by atoms with E-state index in [4.69, 9.17) is 23.2 Å². The molecule has 0 spiro atoms. The molecule has 0 aliphatic carbocycles. The number of carbonyl (C=O) groups excluding carboxylic acids is 3. The second-order valence-corrected chi connectivity index (χ2v) is 6.33. The average Bonchev–Trinajstić information content (AvgIpc) is 2.43. The van der Waals surface area contributed by atoms with Gasteiger partial charge in [-0.05, 0) is 25.1 Å². The summed E-state index contributed by atoms with van der Waals surface area (Å²) in [7, 11) is 0. The molecule has 112 valence electrons. The standard InChI is InChI=1S/C13H12Cl2N2O3S/c1-7-13(20)16-11(18)5-17(7)12(19)6-21-10-4-8(14)2-3-9(10)15/h2-4,7H,5-6H2,1H3,(H,16,18,20). The summed E-state index contributed by atoms with van der Waals surface area (Å²) in [5.41, 5.74) is 0. The van der Waals surface area contributed by atoms with Gasteiger partial charge in [0.15, 0.2) is 0 Å². The molecule has 2 rings (SSSR count). The first-order valence-corrected chi connectivity index (χ1v) is 7.83. The van der Waals surface area contributed by atoms with Crippen LogP contribution in [-0.4, -0.2) is 41.0 Å². The molecule has 1 aromatic rings. The molecule has 1 fully saturated rings. The van der Waals surface area contributed by atoms with Crippen molar-refractivity contribution in [2.24, 2.45) is 0 Å². The summed E-state index contributed by atoms with van der Waals surface area (Å²) in [6.07, 6.45) is 0. The fraction of sp³-hybridized carbons (Fsp3) is 0.308. The highest BCUT2D eigenvalue weighted by atomic mass is 35.5. The zero-order chi connectivity index (χ0) is 15.6. The maximum atomic E-state index is 12.2. The minimum absolute atomic E-state index is 0.0744. The molecular weight excluding hydrogens is 335 g/mol. The second-order valence-electron chi connectivity index (χ2n) is 4.47. The summed E-state index contributed by atoms with van der Waals surface area (Å²) in [5.74, 6) is -1.17. The molecule has 21 heavy (non-hydrogen) atoms. The van der Waals surface area contributed by atoms with Crippen LogP contribution in [0, 0.1) is 0 Å². The molecule has 0 bridgehead atoms. The van der Waals surface area contributed by atoms with Gasteiger partial charge in [-0.2, -0.15) is 0 Å². The van der Waals surface area contributed by atoms with Crippen LogP contribution in [0.4, 0.5) is 0 Å². The van der Waals surface area contributed by atoms with Gasteiger partial charge in [-0.1, -0.05) is 23.2 Å². The van der Waals surface area contributed by atoms with Crippen LogP contribution in [-0.2, 0) is 14.4 Å². The van der Waals surface area contributed by atoms with Gasteiger partial charge in [-0.15, -0.1) is 11.8 Å². The maximum absolute atomic E-state index is 12.2. The van der Waals surface area contributed by atoms with Crippen molar-refractivity contribution < 1.29 is 14.4 Å². The van der Waals surface area contributed by atoms with Gasteiger partial charge < -0.3 is 4.90 Å². The Morgan fingerprint density at radius 2 is 2.14 bits per heavy atom. The number of imide groups is 1. The Morgan fingerprint density at radius 3 is 2.86 bits per heavy atom. The molecule has 1 heterocycles. The highest BCUT2D eigenvalue weighted by Gasteiger charge is 2.33. The Kier molecular flexibility index (Phi) is 5.13. The summed E-state index contributed by atoms with van der Waals surface area (Å²) >= 11 is 13.1. The van der Waals surface area contributed by atoms with Crippen LogP contribution in [0.15, 0.2) is 23.1 Å². The lowest BCUT2D eigenvalue weighted by atomic mass is 10.2. The van der Waals surface area contributed by atoms with E-state index < -0.39 is 17.9 Å². The number of benzene rings is 1. The van der Waals surface area contributed by atoms with E-state index in [0.29, 0.717) is 14.9 Å². The largest absolute Gasteiger partial charge is 0.321 e. The first-order chi connectivity index (χ1) is 9.88. The number of amides is 3. The molecule has 1 unspecified atom stereocenters. The minimum Gasteiger partial charge on any atom is -0.321 e. The minimum atomic E-state index is -0.661. The van der Waals surface area contributed by atoms with Gasteiger partial charge >= 0.3 is 0 Å². The van der Waals surface area contributed by atoms with Crippen LogP contribution in [0.25, 0.3) is 0 Å². The van der Waals surface area contributed by atoms with Crippen LogP contribution < -0.4 is 5.32 Å². The van der Waals surface area contributed by atoms with Crippen molar-refractivity contribution in [3.8, 4) is 0 Å². The first-order valence-electron chi connectivity index (χ1n) is 6.09. The van der Waals surface area contributed by atoms with Crippen molar-refractivity contribution in [1.82, 2.24) is 10.2 Å². The predicted octanol–water partition coefficient (Wildman–Crippen LogP) is 1.96. The smallest absolute Gasteiger partial charge is 0.249 e.